The van der Waals surface area contributed by atoms with Crippen LogP contribution in [-0.2, 0) is 0 Å². The molecule has 0 aliphatic carbocycles. The fourth-order valence-electron chi connectivity index (χ4n) is 0.965. The highest BCUT2D eigenvalue weighted by Crippen LogP contribution is 1.97. The summed E-state index contributed by atoms with van der Waals surface area (Å²) in [5.74, 6) is 0. The Kier molecular flexibility index (Phi) is 9.07. The fourth-order valence-corrected chi connectivity index (χ4v) is 0.965. The van der Waals surface area contributed by atoms with Crippen LogP contribution in [0.3, 0.4) is 0 Å². The quantitative estimate of drug-likeness (QED) is 0.336. The van der Waals surface area contributed by atoms with Gasteiger partial charge in [0.25, 0.3) is 0 Å². The standard InChI is InChI=1S/C12H21NO2/c1-2-3-4-5-6-7-8-9-12(15)11(13)10-14/h2-5,8-9,11-12,14-15H,6-7,10,13H2,1H3/b3-2+,5-4+,9-8+/t11-,12+/m0/s1. The van der Waals surface area contributed by atoms with E-state index in [0.29, 0.717) is 0 Å². The largest absolute Gasteiger partial charge is 0.395 e. The maximum atomic E-state index is 9.36. The molecule has 3 heteroatoms. The van der Waals surface area contributed by atoms with E-state index in [0.717, 1.165) is 12.8 Å². The third kappa shape index (κ3) is 8.12. The molecule has 15 heavy (non-hydrogen) atoms. The number of nitrogens with two attached hydrogens (primary N) is 1. The molecule has 86 valence electrons. The molecule has 0 heterocycles. The molecule has 0 fully saturated rings. The van der Waals surface area contributed by atoms with Gasteiger partial charge >= 0.3 is 0 Å². The second-order valence-corrected chi connectivity index (χ2v) is 3.30. The van der Waals surface area contributed by atoms with E-state index in [1.165, 1.54) is 0 Å². The van der Waals surface area contributed by atoms with Crippen molar-refractivity contribution in [1.29, 1.82) is 0 Å². The summed E-state index contributed by atoms with van der Waals surface area (Å²) < 4.78 is 0. The van der Waals surface area contributed by atoms with E-state index in [2.05, 4.69) is 6.08 Å². The van der Waals surface area contributed by atoms with Crippen LogP contribution in [0, 0.1) is 0 Å². The number of rotatable bonds is 7. The molecule has 0 aromatic carbocycles. The molecule has 0 saturated carbocycles. The van der Waals surface area contributed by atoms with E-state index in [4.69, 9.17) is 10.8 Å². The van der Waals surface area contributed by atoms with Crippen molar-refractivity contribution in [2.45, 2.75) is 31.9 Å². The first-order valence-electron chi connectivity index (χ1n) is 5.21. The summed E-state index contributed by atoms with van der Waals surface area (Å²) >= 11 is 0. The number of hydrogen-bond donors (Lipinski definition) is 3. The molecule has 0 aliphatic heterocycles. The highest BCUT2D eigenvalue weighted by Gasteiger charge is 2.08. The van der Waals surface area contributed by atoms with Gasteiger partial charge in [0.2, 0.25) is 0 Å². The van der Waals surface area contributed by atoms with E-state index in [1.54, 1.807) is 6.08 Å². The lowest BCUT2D eigenvalue weighted by molar-refractivity contribution is 0.144. The van der Waals surface area contributed by atoms with Crippen LogP contribution in [0.4, 0.5) is 0 Å². The van der Waals surface area contributed by atoms with Gasteiger partial charge in [-0.1, -0.05) is 36.5 Å². The molecule has 0 radical (unpaired) electrons. The Balaban J connectivity index is 3.62. The summed E-state index contributed by atoms with van der Waals surface area (Å²) in [4.78, 5) is 0. The second kappa shape index (κ2) is 9.65. The third-order valence-electron chi connectivity index (χ3n) is 1.92. The fraction of sp³-hybridized carbons (Fsp3) is 0.500. The Morgan fingerprint density at radius 2 is 1.87 bits per heavy atom. The van der Waals surface area contributed by atoms with E-state index in [-0.39, 0.29) is 6.61 Å². The maximum absolute atomic E-state index is 9.36. The first-order valence-corrected chi connectivity index (χ1v) is 5.21. The molecule has 0 amide bonds. The number of aliphatic hydroxyl groups is 2. The number of hydrogen-bond acceptors (Lipinski definition) is 3. The van der Waals surface area contributed by atoms with Crippen LogP contribution in [0.1, 0.15) is 19.8 Å². The zero-order valence-electron chi connectivity index (χ0n) is 9.21. The van der Waals surface area contributed by atoms with Crippen molar-refractivity contribution in [3.63, 3.8) is 0 Å². The van der Waals surface area contributed by atoms with Crippen LogP contribution in [0.25, 0.3) is 0 Å². The molecular weight excluding hydrogens is 190 g/mol. The molecule has 4 N–H and O–H groups in total. The lowest BCUT2D eigenvalue weighted by Crippen LogP contribution is -2.36. The SMILES string of the molecule is C/C=C/C=C/CC/C=C/[C@@H](O)[C@@H](N)CO. The van der Waals surface area contributed by atoms with Gasteiger partial charge in [-0.05, 0) is 19.8 Å². The van der Waals surface area contributed by atoms with Crippen LogP contribution in [0.5, 0.6) is 0 Å². The van der Waals surface area contributed by atoms with Gasteiger partial charge in [-0.15, -0.1) is 0 Å². The van der Waals surface area contributed by atoms with Crippen LogP contribution >= 0.6 is 0 Å². The van der Waals surface area contributed by atoms with E-state index in [9.17, 15) is 5.11 Å². The van der Waals surface area contributed by atoms with Gasteiger partial charge in [-0.3, -0.25) is 0 Å². The number of allylic oxidation sites excluding steroid dienone is 5. The second-order valence-electron chi connectivity index (χ2n) is 3.30. The predicted molar refractivity (Wildman–Crippen MR) is 63.4 cm³/mol. The zero-order chi connectivity index (χ0) is 11.5. The lowest BCUT2D eigenvalue weighted by atomic mass is 10.1. The van der Waals surface area contributed by atoms with Crippen molar-refractivity contribution >= 4 is 0 Å². The Labute approximate surface area is 91.6 Å². The Hall–Kier alpha value is -0.900. The van der Waals surface area contributed by atoms with Gasteiger partial charge in [0.1, 0.15) is 0 Å². The molecular formula is C12H21NO2. The number of unbranched alkanes of at least 4 members (excludes halogenated alkanes) is 1. The first kappa shape index (κ1) is 14.1. The van der Waals surface area contributed by atoms with Crippen LogP contribution < -0.4 is 5.73 Å². The number of aliphatic hydroxyl groups excluding tert-OH is 2. The minimum atomic E-state index is -0.755. The molecule has 0 unspecified atom stereocenters. The molecule has 0 spiro atoms. The predicted octanol–water partition coefficient (Wildman–Crippen LogP) is 1.14. The van der Waals surface area contributed by atoms with Gasteiger partial charge in [0.15, 0.2) is 0 Å². The molecule has 3 nitrogen and oxygen atoms in total. The first-order chi connectivity index (χ1) is 7.22. The van der Waals surface area contributed by atoms with Gasteiger partial charge in [0, 0.05) is 0 Å². The van der Waals surface area contributed by atoms with Crippen molar-refractivity contribution in [1.82, 2.24) is 0 Å². The maximum Gasteiger partial charge on any atom is 0.0894 e. The summed E-state index contributed by atoms with van der Waals surface area (Å²) in [7, 11) is 0. The van der Waals surface area contributed by atoms with Crippen molar-refractivity contribution in [2.24, 2.45) is 5.73 Å². The minimum absolute atomic E-state index is 0.202. The lowest BCUT2D eigenvalue weighted by Gasteiger charge is -2.11. The molecule has 2 atom stereocenters. The zero-order valence-corrected chi connectivity index (χ0v) is 9.21. The normalized spacial score (nSPS) is 16.8. The Bertz CT molecular complexity index is 222. The van der Waals surface area contributed by atoms with Gasteiger partial charge in [-0.25, -0.2) is 0 Å². The highest BCUT2D eigenvalue weighted by molar-refractivity contribution is 5.02. The van der Waals surface area contributed by atoms with Crippen molar-refractivity contribution in [3.8, 4) is 0 Å². The van der Waals surface area contributed by atoms with Crippen LogP contribution in [-0.4, -0.2) is 29.0 Å². The highest BCUT2D eigenvalue weighted by atomic mass is 16.3. The Morgan fingerprint density at radius 1 is 1.20 bits per heavy atom. The molecule has 0 rings (SSSR count). The van der Waals surface area contributed by atoms with Crippen molar-refractivity contribution < 1.29 is 10.2 Å². The van der Waals surface area contributed by atoms with Crippen molar-refractivity contribution in [2.75, 3.05) is 6.61 Å². The average Bonchev–Trinajstić information content (AvgIpc) is 2.26. The molecule has 0 aromatic heterocycles. The van der Waals surface area contributed by atoms with Gasteiger partial charge in [-0.2, -0.15) is 0 Å². The third-order valence-corrected chi connectivity index (χ3v) is 1.92. The Morgan fingerprint density at radius 3 is 2.47 bits per heavy atom. The topological polar surface area (TPSA) is 66.5 Å². The summed E-state index contributed by atoms with van der Waals surface area (Å²) in [5, 5.41) is 18.0. The summed E-state index contributed by atoms with van der Waals surface area (Å²) in [6.45, 7) is 1.77. The van der Waals surface area contributed by atoms with Crippen molar-refractivity contribution in [3.05, 3.63) is 36.5 Å². The molecule has 0 aromatic rings. The average molecular weight is 211 g/mol. The monoisotopic (exact) mass is 211 g/mol. The smallest absolute Gasteiger partial charge is 0.0894 e. The summed E-state index contributed by atoms with van der Waals surface area (Å²) in [6.07, 6.45) is 12.5. The van der Waals surface area contributed by atoms with E-state index >= 15 is 0 Å². The van der Waals surface area contributed by atoms with Crippen LogP contribution in [0.15, 0.2) is 36.5 Å². The molecule has 0 saturated heterocycles. The minimum Gasteiger partial charge on any atom is -0.395 e. The molecule has 0 aliphatic rings. The molecule has 0 bridgehead atoms. The van der Waals surface area contributed by atoms with E-state index in [1.807, 2.05) is 31.2 Å². The van der Waals surface area contributed by atoms with E-state index < -0.39 is 12.1 Å². The summed E-state index contributed by atoms with van der Waals surface area (Å²) in [6, 6.07) is -0.584. The van der Waals surface area contributed by atoms with Gasteiger partial charge in [0.05, 0.1) is 18.8 Å². The van der Waals surface area contributed by atoms with Crippen LogP contribution in [0.2, 0.25) is 0 Å². The van der Waals surface area contributed by atoms with Gasteiger partial charge < -0.3 is 15.9 Å². The summed E-state index contributed by atoms with van der Waals surface area (Å²) in [5.41, 5.74) is 5.42.